The molecule has 0 saturated carbocycles. The zero-order valence-corrected chi connectivity index (χ0v) is 15.7. The van der Waals surface area contributed by atoms with E-state index in [-0.39, 0.29) is 17.6 Å². The van der Waals surface area contributed by atoms with Gasteiger partial charge in [0.25, 0.3) is 5.91 Å². The van der Waals surface area contributed by atoms with Crippen molar-refractivity contribution in [2.45, 2.75) is 31.4 Å². The lowest BCUT2D eigenvalue weighted by Gasteiger charge is -2.61. The first-order valence-corrected chi connectivity index (χ1v) is 9.19. The summed E-state index contributed by atoms with van der Waals surface area (Å²) < 4.78 is 7.43. The van der Waals surface area contributed by atoms with Crippen molar-refractivity contribution in [3.63, 3.8) is 0 Å². The molecular weight excluding hydrogens is 328 g/mol. The van der Waals surface area contributed by atoms with E-state index in [0.29, 0.717) is 5.69 Å². The van der Waals surface area contributed by atoms with Gasteiger partial charge in [-0.15, -0.1) is 0 Å². The molecule has 1 unspecified atom stereocenters. The lowest BCUT2D eigenvalue weighted by Crippen LogP contribution is -2.74. The van der Waals surface area contributed by atoms with Crippen LogP contribution in [0.25, 0.3) is 0 Å². The molecular formula is C20H26N4O2. The molecule has 1 atom stereocenters. The van der Waals surface area contributed by atoms with Crippen molar-refractivity contribution >= 4 is 11.6 Å². The molecule has 2 aliphatic rings. The predicted molar refractivity (Wildman–Crippen MR) is 100 cm³/mol. The fourth-order valence-electron chi connectivity index (χ4n) is 4.39. The monoisotopic (exact) mass is 354 g/mol. The average Bonchev–Trinajstić information content (AvgIpc) is 3.08. The van der Waals surface area contributed by atoms with Crippen LogP contribution in [-0.2, 0) is 11.8 Å². The predicted octanol–water partition coefficient (Wildman–Crippen LogP) is 2.24. The molecule has 0 radical (unpaired) electrons. The SMILES string of the molecule is COC1CN(c2ccc(C)cc2)C12CCN(C(=O)c1ccnn1C)CC2. The normalized spacial score (nSPS) is 21.7. The summed E-state index contributed by atoms with van der Waals surface area (Å²) in [6, 6.07) is 10.5. The Hall–Kier alpha value is -2.34. The van der Waals surface area contributed by atoms with Gasteiger partial charge in [0, 0.05) is 45.7 Å². The number of likely N-dealkylation sites (tertiary alicyclic amines) is 1. The molecule has 138 valence electrons. The summed E-state index contributed by atoms with van der Waals surface area (Å²) in [5.41, 5.74) is 3.15. The Kier molecular flexibility index (Phi) is 4.23. The summed E-state index contributed by atoms with van der Waals surface area (Å²) in [5.74, 6) is 0.0648. The molecule has 6 nitrogen and oxygen atoms in total. The molecule has 6 heteroatoms. The van der Waals surface area contributed by atoms with Crippen LogP contribution in [0.4, 0.5) is 5.69 Å². The van der Waals surface area contributed by atoms with Gasteiger partial charge in [-0.25, -0.2) is 0 Å². The number of amides is 1. The van der Waals surface area contributed by atoms with Gasteiger partial charge in [0.15, 0.2) is 0 Å². The quantitative estimate of drug-likeness (QED) is 0.848. The van der Waals surface area contributed by atoms with Crippen molar-refractivity contribution in [3.8, 4) is 0 Å². The number of nitrogens with zero attached hydrogens (tertiary/aromatic N) is 4. The molecule has 2 saturated heterocycles. The van der Waals surface area contributed by atoms with Crippen LogP contribution >= 0.6 is 0 Å². The van der Waals surface area contributed by atoms with Gasteiger partial charge < -0.3 is 14.5 Å². The first kappa shape index (κ1) is 17.1. The van der Waals surface area contributed by atoms with Crippen molar-refractivity contribution < 1.29 is 9.53 Å². The Labute approximate surface area is 154 Å². The number of hydrogen-bond acceptors (Lipinski definition) is 4. The largest absolute Gasteiger partial charge is 0.377 e. The Morgan fingerprint density at radius 2 is 1.88 bits per heavy atom. The third-order valence-electron chi connectivity index (χ3n) is 6.07. The maximum Gasteiger partial charge on any atom is 0.272 e. The maximum absolute atomic E-state index is 12.8. The Morgan fingerprint density at radius 3 is 2.46 bits per heavy atom. The molecule has 1 aromatic heterocycles. The number of anilines is 1. The zero-order valence-electron chi connectivity index (χ0n) is 15.7. The fourth-order valence-corrected chi connectivity index (χ4v) is 4.39. The van der Waals surface area contributed by atoms with E-state index in [4.69, 9.17) is 4.74 Å². The van der Waals surface area contributed by atoms with E-state index in [1.54, 1.807) is 24.1 Å². The Bertz CT molecular complexity index is 790. The topological polar surface area (TPSA) is 50.6 Å². The second-order valence-electron chi connectivity index (χ2n) is 7.41. The van der Waals surface area contributed by atoms with Crippen LogP contribution in [-0.4, -0.2) is 59.0 Å². The van der Waals surface area contributed by atoms with E-state index in [9.17, 15) is 4.79 Å². The Balaban J connectivity index is 1.51. The smallest absolute Gasteiger partial charge is 0.272 e. The number of aromatic nitrogens is 2. The van der Waals surface area contributed by atoms with Crippen LogP contribution in [0.3, 0.4) is 0 Å². The highest BCUT2D eigenvalue weighted by Crippen LogP contribution is 2.44. The van der Waals surface area contributed by atoms with E-state index in [2.05, 4.69) is 41.2 Å². The molecule has 2 fully saturated rings. The van der Waals surface area contributed by atoms with E-state index in [1.807, 2.05) is 11.9 Å². The van der Waals surface area contributed by atoms with Crippen LogP contribution in [0.2, 0.25) is 0 Å². The molecule has 1 amide bonds. The second kappa shape index (κ2) is 6.43. The highest BCUT2D eigenvalue weighted by molar-refractivity contribution is 5.92. The van der Waals surface area contributed by atoms with E-state index < -0.39 is 0 Å². The first-order chi connectivity index (χ1) is 12.5. The van der Waals surface area contributed by atoms with Crippen LogP contribution in [0.15, 0.2) is 36.5 Å². The van der Waals surface area contributed by atoms with Crippen molar-refractivity contribution in [2.75, 3.05) is 31.6 Å². The van der Waals surface area contributed by atoms with Crippen LogP contribution in [0, 0.1) is 6.92 Å². The minimum Gasteiger partial charge on any atom is -0.377 e. The van der Waals surface area contributed by atoms with E-state index in [1.165, 1.54) is 11.3 Å². The molecule has 2 aliphatic heterocycles. The number of carbonyl (C=O) groups excluding carboxylic acids is 1. The first-order valence-electron chi connectivity index (χ1n) is 9.19. The number of methoxy groups -OCH3 is 1. The van der Waals surface area contributed by atoms with E-state index >= 15 is 0 Å². The van der Waals surface area contributed by atoms with Gasteiger partial charge in [-0.1, -0.05) is 17.7 Å². The standard InChI is InChI=1S/C20H26N4O2/c1-15-4-6-16(7-5-15)24-14-18(26-3)20(24)9-12-23(13-10-20)19(25)17-8-11-21-22(17)2/h4-8,11,18H,9-10,12-14H2,1-3H3. The lowest BCUT2D eigenvalue weighted by molar-refractivity contribution is -0.0434. The number of ether oxygens (including phenoxy) is 1. The number of aryl methyl sites for hydroxylation is 2. The molecule has 0 N–H and O–H groups in total. The summed E-state index contributed by atoms with van der Waals surface area (Å²) in [5, 5.41) is 4.11. The number of rotatable bonds is 3. The lowest BCUT2D eigenvalue weighted by atomic mass is 9.73. The second-order valence-corrected chi connectivity index (χ2v) is 7.41. The Morgan fingerprint density at radius 1 is 1.19 bits per heavy atom. The fraction of sp³-hybridized carbons (Fsp3) is 0.500. The van der Waals surface area contributed by atoms with Crippen molar-refractivity contribution in [2.24, 2.45) is 7.05 Å². The molecule has 1 spiro atoms. The molecule has 0 aliphatic carbocycles. The summed E-state index contributed by atoms with van der Waals surface area (Å²) in [6.07, 6.45) is 3.73. The van der Waals surface area contributed by atoms with Gasteiger partial charge in [-0.2, -0.15) is 5.10 Å². The zero-order chi connectivity index (χ0) is 18.3. The minimum atomic E-state index is -0.00670. The number of benzene rings is 1. The van der Waals surface area contributed by atoms with Gasteiger partial charge in [0.2, 0.25) is 0 Å². The highest BCUT2D eigenvalue weighted by atomic mass is 16.5. The average molecular weight is 354 g/mol. The van der Waals surface area contributed by atoms with Crippen LogP contribution in [0.1, 0.15) is 28.9 Å². The van der Waals surface area contributed by atoms with Crippen molar-refractivity contribution in [3.05, 3.63) is 47.8 Å². The third-order valence-corrected chi connectivity index (χ3v) is 6.07. The van der Waals surface area contributed by atoms with Crippen LogP contribution < -0.4 is 4.90 Å². The molecule has 3 heterocycles. The third kappa shape index (κ3) is 2.60. The highest BCUT2D eigenvalue weighted by Gasteiger charge is 2.55. The van der Waals surface area contributed by atoms with Gasteiger partial charge in [-0.3, -0.25) is 9.48 Å². The summed E-state index contributed by atoms with van der Waals surface area (Å²) in [6.45, 7) is 4.50. The molecule has 4 rings (SSSR count). The molecule has 2 aromatic rings. The molecule has 0 bridgehead atoms. The van der Waals surface area contributed by atoms with Gasteiger partial charge in [0.05, 0.1) is 11.6 Å². The summed E-state index contributed by atoms with van der Waals surface area (Å²) in [4.78, 5) is 17.2. The van der Waals surface area contributed by atoms with E-state index in [0.717, 1.165) is 32.5 Å². The van der Waals surface area contributed by atoms with Crippen molar-refractivity contribution in [1.29, 1.82) is 0 Å². The van der Waals surface area contributed by atoms with Crippen LogP contribution in [0.5, 0.6) is 0 Å². The summed E-state index contributed by atoms with van der Waals surface area (Å²) >= 11 is 0. The number of piperidine rings is 1. The minimum absolute atomic E-state index is 0.00670. The summed E-state index contributed by atoms with van der Waals surface area (Å²) in [7, 11) is 3.61. The maximum atomic E-state index is 12.8. The van der Waals surface area contributed by atoms with Gasteiger partial charge in [0.1, 0.15) is 5.69 Å². The van der Waals surface area contributed by atoms with Crippen molar-refractivity contribution in [1.82, 2.24) is 14.7 Å². The molecule has 26 heavy (non-hydrogen) atoms. The number of hydrogen-bond donors (Lipinski definition) is 0. The van der Waals surface area contributed by atoms with Gasteiger partial charge >= 0.3 is 0 Å². The number of carbonyl (C=O) groups is 1. The molecule has 1 aromatic carbocycles. The van der Waals surface area contributed by atoms with Gasteiger partial charge in [-0.05, 0) is 38.0 Å².